The summed E-state index contributed by atoms with van der Waals surface area (Å²) in [5.74, 6) is 0.746. The number of aromatic amines is 1. The topological polar surface area (TPSA) is 71.8 Å². The van der Waals surface area contributed by atoms with Gasteiger partial charge in [0, 0.05) is 53.9 Å². The molecule has 6 nitrogen and oxygen atoms in total. The lowest BCUT2D eigenvalue weighted by molar-refractivity contribution is -0.126. The van der Waals surface area contributed by atoms with Gasteiger partial charge in [0.1, 0.15) is 28.7 Å². The van der Waals surface area contributed by atoms with E-state index in [9.17, 15) is 13.2 Å². The molecule has 0 saturated carbocycles. The maximum absolute atomic E-state index is 12.9. The van der Waals surface area contributed by atoms with E-state index in [0.717, 1.165) is 72.6 Å². The summed E-state index contributed by atoms with van der Waals surface area (Å²) in [5, 5.41) is 10.8. The van der Waals surface area contributed by atoms with Crippen molar-refractivity contribution in [2.45, 2.75) is 25.6 Å². The molecule has 6 rings (SSSR count). The summed E-state index contributed by atoms with van der Waals surface area (Å²) in [5.41, 5.74) is 2.93. The Kier molecular flexibility index (Phi) is 4.83. The maximum atomic E-state index is 12.9. The fourth-order valence-corrected chi connectivity index (χ4v) is 6.43. The molecule has 34 heavy (non-hydrogen) atoms. The van der Waals surface area contributed by atoms with E-state index >= 15 is 0 Å². The van der Waals surface area contributed by atoms with Crippen molar-refractivity contribution in [1.29, 1.82) is 5.26 Å². The van der Waals surface area contributed by atoms with Gasteiger partial charge < -0.3 is 9.88 Å². The molecule has 2 saturated heterocycles. The Bertz CT molecular complexity index is 1430. The van der Waals surface area contributed by atoms with Crippen LogP contribution in [0.15, 0.2) is 36.7 Å². The largest absolute Gasteiger partial charge is 0.393 e. The summed E-state index contributed by atoms with van der Waals surface area (Å²) < 4.78 is 38.6. The van der Waals surface area contributed by atoms with Crippen LogP contribution in [0.25, 0.3) is 21.1 Å². The highest BCUT2D eigenvalue weighted by Gasteiger charge is 2.48. The van der Waals surface area contributed by atoms with Gasteiger partial charge in [0.2, 0.25) is 0 Å². The highest BCUT2D eigenvalue weighted by molar-refractivity contribution is 7.18. The molecule has 0 aliphatic carbocycles. The second kappa shape index (κ2) is 7.68. The van der Waals surface area contributed by atoms with E-state index in [1.54, 1.807) is 6.07 Å². The van der Waals surface area contributed by atoms with Gasteiger partial charge in [0.15, 0.2) is 0 Å². The third-order valence-corrected chi connectivity index (χ3v) is 7.85. The van der Waals surface area contributed by atoms with Crippen molar-refractivity contribution in [1.82, 2.24) is 19.9 Å². The number of hydrogen-bond acceptors (Lipinski definition) is 6. The summed E-state index contributed by atoms with van der Waals surface area (Å²) in [7, 11) is 0. The number of fused-ring (bicyclic) bond motifs is 2. The Balaban J connectivity index is 1.13. The van der Waals surface area contributed by atoms with Gasteiger partial charge in [-0.3, -0.25) is 4.90 Å². The van der Waals surface area contributed by atoms with Crippen LogP contribution in [0.4, 0.5) is 19.0 Å². The standard InChI is InChI=1S/C24H21F3N6S/c25-24(26,27)8-18-7-19-21(29-14-30-22(19)34-18)33-4-3-23(13-33)11-32(12-23)10-15-1-2-16-6-17(9-28)31-20(16)5-15/h1-2,5-7,14,31H,3-4,8,10-13H2. The number of aromatic nitrogens is 3. The average Bonchev–Trinajstić information content (AvgIpc) is 3.47. The summed E-state index contributed by atoms with van der Waals surface area (Å²) in [6.45, 7) is 4.50. The van der Waals surface area contributed by atoms with E-state index in [0.29, 0.717) is 10.5 Å². The molecule has 1 aromatic carbocycles. The smallest absolute Gasteiger partial charge is 0.355 e. The highest BCUT2D eigenvalue weighted by Crippen LogP contribution is 2.43. The van der Waals surface area contributed by atoms with Crippen molar-refractivity contribution in [2.75, 3.05) is 31.1 Å². The van der Waals surface area contributed by atoms with E-state index in [1.807, 2.05) is 12.1 Å². The van der Waals surface area contributed by atoms with E-state index in [4.69, 9.17) is 5.26 Å². The van der Waals surface area contributed by atoms with Gasteiger partial charge in [0.25, 0.3) is 0 Å². The minimum atomic E-state index is -4.23. The average molecular weight is 483 g/mol. The minimum absolute atomic E-state index is 0.187. The number of likely N-dealkylation sites (tertiary alicyclic amines) is 1. The Labute approximate surface area is 197 Å². The molecular formula is C24H21F3N6S. The molecule has 0 unspecified atom stereocenters. The summed E-state index contributed by atoms with van der Waals surface area (Å²) in [6.07, 6.45) is -2.67. The summed E-state index contributed by atoms with van der Waals surface area (Å²) >= 11 is 1.10. The summed E-state index contributed by atoms with van der Waals surface area (Å²) in [4.78, 5) is 17.3. The van der Waals surface area contributed by atoms with Gasteiger partial charge in [-0.15, -0.1) is 11.3 Å². The lowest BCUT2D eigenvalue weighted by atomic mass is 9.79. The SMILES string of the molecule is N#Cc1cc2ccc(CN3CC4(CCN(c5ncnc6sc(CC(F)(F)F)cc56)C4)C3)cc2[nH]1. The molecule has 4 aromatic rings. The fraction of sp³-hybridized carbons (Fsp3) is 0.375. The molecule has 2 aliphatic rings. The Morgan fingerprint density at radius 1 is 1.15 bits per heavy atom. The normalized spacial score (nSPS) is 18.1. The van der Waals surface area contributed by atoms with Gasteiger partial charge in [0.05, 0.1) is 11.8 Å². The van der Waals surface area contributed by atoms with Crippen LogP contribution in [0, 0.1) is 16.7 Å². The molecular weight excluding hydrogens is 461 g/mol. The maximum Gasteiger partial charge on any atom is 0.393 e. The van der Waals surface area contributed by atoms with Gasteiger partial charge in [-0.05, 0) is 30.2 Å². The number of halogens is 3. The van der Waals surface area contributed by atoms with Crippen molar-refractivity contribution >= 4 is 38.3 Å². The number of nitrogens with one attached hydrogen (secondary N) is 1. The van der Waals surface area contributed by atoms with Crippen molar-refractivity contribution < 1.29 is 13.2 Å². The van der Waals surface area contributed by atoms with Crippen LogP contribution < -0.4 is 4.90 Å². The van der Waals surface area contributed by atoms with Crippen LogP contribution in [0.2, 0.25) is 0 Å². The van der Waals surface area contributed by atoms with Crippen molar-refractivity contribution in [3.05, 3.63) is 52.8 Å². The molecule has 5 heterocycles. The predicted octanol–water partition coefficient (Wildman–Crippen LogP) is 4.86. The lowest BCUT2D eigenvalue weighted by Crippen LogP contribution is -2.56. The zero-order chi connectivity index (χ0) is 23.5. The van der Waals surface area contributed by atoms with Gasteiger partial charge in [-0.1, -0.05) is 12.1 Å². The summed E-state index contributed by atoms with van der Waals surface area (Å²) in [6, 6.07) is 11.9. The van der Waals surface area contributed by atoms with Gasteiger partial charge >= 0.3 is 6.18 Å². The highest BCUT2D eigenvalue weighted by atomic mass is 32.1. The number of benzene rings is 1. The first kappa shape index (κ1) is 21.4. The zero-order valence-corrected chi connectivity index (χ0v) is 19.0. The van der Waals surface area contributed by atoms with E-state index in [-0.39, 0.29) is 10.3 Å². The Hall–Kier alpha value is -3.16. The number of H-pyrrole nitrogens is 1. The van der Waals surface area contributed by atoms with Crippen molar-refractivity contribution in [3.8, 4) is 6.07 Å². The van der Waals surface area contributed by atoms with Crippen molar-refractivity contribution in [3.63, 3.8) is 0 Å². The first-order valence-electron chi connectivity index (χ1n) is 11.1. The Morgan fingerprint density at radius 3 is 2.79 bits per heavy atom. The quantitative estimate of drug-likeness (QED) is 0.450. The van der Waals surface area contributed by atoms with Crippen LogP contribution in [0.3, 0.4) is 0 Å². The molecule has 2 fully saturated rings. The monoisotopic (exact) mass is 482 g/mol. The molecule has 1 spiro atoms. The first-order chi connectivity index (χ1) is 16.3. The van der Waals surface area contributed by atoms with Gasteiger partial charge in [-0.25, -0.2) is 9.97 Å². The number of thiophene rings is 1. The van der Waals surface area contributed by atoms with Crippen LogP contribution in [0.1, 0.15) is 22.6 Å². The number of nitriles is 1. The second-order valence-electron chi connectivity index (χ2n) is 9.45. The lowest BCUT2D eigenvalue weighted by Gasteiger charge is -2.48. The number of hydrogen-bond donors (Lipinski definition) is 1. The second-order valence-corrected chi connectivity index (χ2v) is 10.6. The number of nitrogens with zero attached hydrogens (tertiary/aromatic N) is 5. The van der Waals surface area contributed by atoms with Crippen molar-refractivity contribution in [2.24, 2.45) is 5.41 Å². The molecule has 174 valence electrons. The molecule has 0 atom stereocenters. The van der Waals surface area contributed by atoms with E-state index < -0.39 is 12.6 Å². The molecule has 0 amide bonds. The molecule has 10 heteroatoms. The fourth-order valence-electron chi connectivity index (χ4n) is 5.41. The number of alkyl halides is 3. The Morgan fingerprint density at radius 2 is 2.00 bits per heavy atom. The van der Waals surface area contributed by atoms with Crippen LogP contribution in [-0.2, 0) is 13.0 Å². The van der Waals surface area contributed by atoms with Crippen LogP contribution in [0.5, 0.6) is 0 Å². The molecule has 1 N–H and O–H groups in total. The minimum Gasteiger partial charge on any atom is -0.355 e. The third-order valence-electron chi connectivity index (χ3n) is 6.80. The molecule has 2 aliphatic heterocycles. The van der Waals surface area contributed by atoms with Crippen LogP contribution >= 0.6 is 11.3 Å². The van der Waals surface area contributed by atoms with Crippen LogP contribution in [-0.4, -0.2) is 52.2 Å². The number of rotatable bonds is 4. The first-order valence-corrected chi connectivity index (χ1v) is 11.9. The molecule has 0 radical (unpaired) electrons. The van der Waals surface area contributed by atoms with Gasteiger partial charge in [-0.2, -0.15) is 18.4 Å². The number of anilines is 1. The predicted molar refractivity (Wildman–Crippen MR) is 125 cm³/mol. The molecule has 3 aromatic heterocycles. The van der Waals surface area contributed by atoms with E-state index in [2.05, 4.69) is 43.0 Å². The molecule has 0 bridgehead atoms. The van der Waals surface area contributed by atoms with E-state index in [1.165, 1.54) is 11.9 Å². The zero-order valence-electron chi connectivity index (χ0n) is 18.2. The third kappa shape index (κ3) is 3.89.